The molecule has 1 atom stereocenters. The van der Waals surface area contributed by atoms with E-state index >= 15 is 0 Å². The first-order valence-electron chi connectivity index (χ1n) is 5.13. The van der Waals surface area contributed by atoms with E-state index < -0.39 is 0 Å². The first-order valence-corrected chi connectivity index (χ1v) is 5.13. The van der Waals surface area contributed by atoms with Gasteiger partial charge in [-0.25, -0.2) is 0 Å². The molecule has 1 saturated heterocycles. The predicted molar refractivity (Wildman–Crippen MR) is 51.1 cm³/mol. The van der Waals surface area contributed by atoms with E-state index in [2.05, 4.69) is 6.92 Å². The number of unbranched alkanes of at least 4 members (excludes halogenated alkanes) is 3. The molecule has 0 bridgehead atoms. The van der Waals surface area contributed by atoms with Gasteiger partial charge in [-0.3, -0.25) is 0 Å². The number of ether oxygens (including phenoxy) is 1. The van der Waals surface area contributed by atoms with Gasteiger partial charge in [-0.2, -0.15) is 0 Å². The molecule has 1 aliphatic heterocycles. The summed E-state index contributed by atoms with van der Waals surface area (Å²) in [5, 5.41) is 0. The van der Waals surface area contributed by atoms with Crippen LogP contribution >= 0.6 is 0 Å². The SMILES string of the molecule is CCCCCCC1(N)CCOC1. The second kappa shape index (κ2) is 4.83. The first kappa shape index (κ1) is 10.0. The van der Waals surface area contributed by atoms with Crippen LogP contribution in [0.4, 0.5) is 0 Å². The highest BCUT2D eigenvalue weighted by molar-refractivity contribution is 4.87. The van der Waals surface area contributed by atoms with Gasteiger partial charge in [-0.15, -0.1) is 0 Å². The molecule has 1 rings (SSSR count). The van der Waals surface area contributed by atoms with Crippen LogP contribution in [0.25, 0.3) is 0 Å². The van der Waals surface area contributed by atoms with Crippen LogP contribution in [0.15, 0.2) is 0 Å². The summed E-state index contributed by atoms with van der Waals surface area (Å²) in [6.45, 7) is 3.88. The molecule has 0 aromatic carbocycles. The molecular weight excluding hydrogens is 150 g/mol. The number of hydrogen-bond donors (Lipinski definition) is 1. The zero-order chi connectivity index (χ0) is 8.86. The molecule has 1 unspecified atom stereocenters. The van der Waals surface area contributed by atoms with Crippen LogP contribution < -0.4 is 5.73 Å². The van der Waals surface area contributed by atoms with Gasteiger partial charge in [0.15, 0.2) is 0 Å². The van der Waals surface area contributed by atoms with E-state index in [4.69, 9.17) is 10.5 Å². The summed E-state index contributed by atoms with van der Waals surface area (Å²) in [6, 6.07) is 0. The Kier molecular flexibility index (Phi) is 4.02. The van der Waals surface area contributed by atoms with E-state index in [1.165, 1.54) is 25.7 Å². The van der Waals surface area contributed by atoms with Gasteiger partial charge in [0.05, 0.1) is 6.61 Å². The lowest BCUT2D eigenvalue weighted by Crippen LogP contribution is -2.40. The third-order valence-corrected chi connectivity index (χ3v) is 2.66. The van der Waals surface area contributed by atoms with Crippen molar-refractivity contribution >= 4 is 0 Å². The quantitative estimate of drug-likeness (QED) is 0.643. The maximum absolute atomic E-state index is 6.12. The Morgan fingerprint density at radius 3 is 2.75 bits per heavy atom. The molecule has 2 heteroatoms. The second-order valence-electron chi connectivity index (χ2n) is 3.98. The monoisotopic (exact) mass is 171 g/mol. The van der Waals surface area contributed by atoms with E-state index in [-0.39, 0.29) is 5.54 Å². The van der Waals surface area contributed by atoms with Crippen molar-refractivity contribution in [1.82, 2.24) is 0 Å². The van der Waals surface area contributed by atoms with Crippen molar-refractivity contribution in [2.75, 3.05) is 13.2 Å². The number of nitrogens with two attached hydrogens (primary N) is 1. The lowest BCUT2D eigenvalue weighted by atomic mass is 9.92. The van der Waals surface area contributed by atoms with Crippen LogP contribution in [0.5, 0.6) is 0 Å². The molecule has 0 amide bonds. The molecule has 1 heterocycles. The van der Waals surface area contributed by atoms with Crippen LogP contribution in [-0.2, 0) is 4.74 Å². The normalized spacial score (nSPS) is 29.5. The number of hydrogen-bond acceptors (Lipinski definition) is 2. The Morgan fingerprint density at radius 2 is 2.17 bits per heavy atom. The topological polar surface area (TPSA) is 35.2 Å². The molecule has 72 valence electrons. The molecule has 2 N–H and O–H groups in total. The second-order valence-corrected chi connectivity index (χ2v) is 3.98. The Bertz CT molecular complexity index is 119. The van der Waals surface area contributed by atoms with Crippen LogP contribution in [-0.4, -0.2) is 18.8 Å². The molecule has 1 fully saturated rings. The highest BCUT2D eigenvalue weighted by atomic mass is 16.5. The maximum Gasteiger partial charge on any atom is 0.0647 e. The highest BCUT2D eigenvalue weighted by Gasteiger charge is 2.29. The van der Waals surface area contributed by atoms with Crippen molar-refractivity contribution in [3.8, 4) is 0 Å². The van der Waals surface area contributed by atoms with Gasteiger partial charge in [0, 0.05) is 12.1 Å². The van der Waals surface area contributed by atoms with Gasteiger partial charge in [-0.1, -0.05) is 32.6 Å². The van der Waals surface area contributed by atoms with E-state index in [0.29, 0.717) is 0 Å². The summed E-state index contributed by atoms with van der Waals surface area (Å²) in [4.78, 5) is 0. The average Bonchev–Trinajstić information content (AvgIpc) is 2.47. The Balaban J connectivity index is 2.05. The van der Waals surface area contributed by atoms with Gasteiger partial charge in [-0.05, 0) is 12.8 Å². The van der Waals surface area contributed by atoms with Crippen LogP contribution in [0.3, 0.4) is 0 Å². The minimum Gasteiger partial charge on any atom is -0.379 e. The minimum absolute atomic E-state index is 0.0216. The minimum atomic E-state index is 0.0216. The predicted octanol–water partition coefficient (Wildman–Crippen LogP) is 2.07. The van der Waals surface area contributed by atoms with E-state index in [1.54, 1.807) is 0 Å². The lowest BCUT2D eigenvalue weighted by Gasteiger charge is -2.21. The summed E-state index contributed by atoms with van der Waals surface area (Å²) in [6.07, 6.45) is 7.44. The zero-order valence-electron chi connectivity index (χ0n) is 8.14. The fourth-order valence-electron chi connectivity index (χ4n) is 1.72. The molecule has 1 aliphatic rings. The van der Waals surface area contributed by atoms with Crippen molar-refractivity contribution in [1.29, 1.82) is 0 Å². The Labute approximate surface area is 75.5 Å². The number of rotatable bonds is 5. The zero-order valence-corrected chi connectivity index (χ0v) is 8.14. The Morgan fingerprint density at radius 1 is 1.33 bits per heavy atom. The molecule has 0 spiro atoms. The van der Waals surface area contributed by atoms with Gasteiger partial charge < -0.3 is 10.5 Å². The summed E-state index contributed by atoms with van der Waals surface area (Å²) in [7, 11) is 0. The van der Waals surface area contributed by atoms with E-state index in [9.17, 15) is 0 Å². The van der Waals surface area contributed by atoms with Gasteiger partial charge >= 0.3 is 0 Å². The lowest BCUT2D eigenvalue weighted by molar-refractivity contribution is 0.174. The summed E-state index contributed by atoms with van der Waals surface area (Å²) >= 11 is 0. The van der Waals surface area contributed by atoms with E-state index in [0.717, 1.165) is 26.1 Å². The van der Waals surface area contributed by atoms with Crippen molar-refractivity contribution in [2.45, 2.75) is 51.0 Å². The summed E-state index contributed by atoms with van der Waals surface area (Å²) < 4.78 is 5.29. The molecule has 0 saturated carbocycles. The van der Waals surface area contributed by atoms with Gasteiger partial charge in [0.25, 0.3) is 0 Å². The fourth-order valence-corrected chi connectivity index (χ4v) is 1.72. The smallest absolute Gasteiger partial charge is 0.0647 e. The van der Waals surface area contributed by atoms with Crippen molar-refractivity contribution in [3.05, 3.63) is 0 Å². The van der Waals surface area contributed by atoms with Crippen molar-refractivity contribution in [3.63, 3.8) is 0 Å². The Hall–Kier alpha value is -0.0800. The van der Waals surface area contributed by atoms with Gasteiger partial charge in [0.2, 0.25) is 0 Å². The molecule has 12 heavy (non-hydrogen) atoms. The highest BCUT2D eigenvalue weighted by Crippen LogP contribution is 2.22. The third kappa shape index (κ3) is 3.11. The van der Waals surface area contributed by atoms with Crippen molar-refractivity contribution < 1.29 is 4.74 Å². The summed E-state index contributed by atoms with van der Waals surface area (Å²) in [5.74, 6) is 0. The molecule has 0 aromatic rings. The molecule has 0 aromatic heterocycles. The molecular formula is C10H21NO. The first-order chi connectivity index (χ1) is 5.77. The maximum atomic E-state index is 6.12. The summed E-state index contributed by atoms with van der Waals surface area (Å²) in [5.41, 5.74) is 6.14. The van der Waals surface area contributed by atoms with Crippen molar-refractivity contribution in [2.24, 2.45) is 5.73 Å². The standard InChI is InChI=1S/C10H21NO/c1-2-3-4-5-6-10(11)7-8-12-9-10/h2-9,11H2,1H3. The van der Waals surface area contributed by atoms with Crippen LogP contribution in [0.1, 0.15) is 45.4 Å². The molecule has 0 aliphatic carbocycles. The van der Waals surface area contributed by atoms with Crippen LogP contribution in [0.2, 0.25) is 0 Å². The van der Waals surface area contributed by atoms with Gasteiger partial charge in [0.1, 0.15) is 0 Å². The molecule has 2 nitrogen and oxygen atoms in total. The van der Waals surface area contributed by atoms with Crippen LogP contribution in [0, 0.1) is 0 Å². The average molecular weight is 171 g/mol. The fraction of sp³-hybridized carbons (Fsp3) is 1.00. The third-order valence-electron chi connectivity index (χ3n) is 2.66. The largest absolute Gasteiger partial charge is 0.379 e. The molecule has 0 radical (unpaired) electrons. The van der Waals surface area contributed by atoms with E-state index in [1.807, 2.05) is 0 Å².